The molecule has 1 fully saturated rings. The van der Waals surface area contributed by atoms with Gasteiger partial charge in [0.15, 0.2) is 0 Å². The van der Waals surface area contributed by atoms with E-state index in [-0.39, 0.29) is 17.7 Å². The van der Waals surface area contributed by atoms with Gasteiger partial charge in [0, 0.05) is 18.3 Å². The fourth-order valence-corrected chi connectivity index (χ4v) is 3.76. The number of anilines is 1. The number of hydrogen-bond donors (Lipinski definition) is 3. The summed E-state index contributed by atoms with van der Waals surface area (Å²) in [7, 11) is 0. The van der Waals surface area contributed by atoms with Crippen molar-refractivity contribution in [3.8, 4) is 5.75 Å². The van der Waals surface area contributed by atoms with Crippen LogP contribution in [0.5, 0.6) is 5.75 Å². The summed E-state index contributed by atoms with van der Waals surface area (Å²) in [6.45, 7) is 3.68. The zero-order chi connectivity index (χ0) is 22.3. The summed E-state index contributed by atoms with van der Waals surface area (Å²) in [5.41, 5.74) is 0.576. The molecule has 3 atom stereocenters. The normalized spacial score (nSPS) is 17.8. The Balaban J connectivity index is 1.87. The van der Waals surface area contributed by atoms with Crippen LogP contribution in [0.15, 0.2) is 24.3 Å². The highest BCUT2D eigenvalue weighted by atomic mass is 19.4. The zero-order valence-electron chi connectivity index (χ0n) is 17.2. The number of ether oxygens (including phenoxy) is 1. The number of rotatable bonds is 10. The van der Waals surface area contributed by atoms with Crippen LogP contribution in [0.1, 0.15) is 46.0 Å². The Morgan fingerprint density at radius 2 is 1.77 bits per heavy atom. The Morgan fingerprint density at radius 1 is 1.17 bits per heavy atom. The van der Waals surface area contributed by atoms with E-state index in [9.17, 15) is 27.9 Å². The van der Waals surface area contributed by atoms with Crippen LogP contribution in [0.3, 0.4) is 0 Å². The molecule has 30 heavy (non-hydrogen) atoms. The molecule has 3 N–H and O–H groups in total. The minimum atomic E-state index is -4.74. The molecule has 0 spiro atoms. The first-order valence-corrected chi connectivity index (χ1v) is 10.2. The van der Waals surface area contributed by atoms with Gasteiger partial charge >= 0.3 is 12.3 Å². The minimum Gasteiger partial charge on any atom is -0.481 e. The molecule has 0 heterocycles. The van der Waals surface area contributed by atoms with E-state index < -0.39 is 24.2 Å². The Hall–Kier alpha value is -2.45. The lowest BCUT2D eigenvalue weighted by atomic mass is 9.84. The Morgan fingerprint density at radius 3 is 2.30 bits per heavy atom. The maximum absolute atomic E-state index is 12.8. The molecular weight excluding hydrogens is 401 g/mol. The summed E-state index contributed by atoms with van der Waals surface area (Å²) in [6.07, 6.45) is 0.125. The largest absolute Gasteiger partial charge is 0.573 e. The summed E-state index contributed by atoms with van der Waals surface area (Å²) >= 11 is 0. The van der Waals surface area contributed by atoms with Gasteiger partial charge in [0.2, 0.25) is 5.91 Å². The van der Waals surface area contributed by atoms with Crippen molar-refractivity contribution in [1.29, 1.82) is 0 Å². The number of carboxylic acids is 1. The number of carboxylic acid groups (broad SMARTS) is 1. The average Bonchev–Trinajstić information content (AvgIpc) is 3.17. The van der Waals surface area contributed by atoms with Crippen LogP contribution < -0.4 is 15.4 Å². The molecular formula is C21H29F3N2O4. The molecule has 1 aromatic carbocycles. The maximum atomic E-state index is 12.8. The fourth-order valence-electron chi connectivity index (χ4n) is 3.76. The molecule has 1 saturated carbocycles. The molecule has 168 valence electrons. The first kappa shape index (κ1) is 23.8. The van der Waals surface area contributed by atoms with Crippen molar-refractivity contribution < 1.29 is 32.6 Å². The van der Waals surface area contributed by atoms with Gasteiger partial charge in [-0.15, -0.1) is 13.2 Å². The van der Waals surface area contributed by atoms with Crippen LogP contribution in [0.2, 0.25) is 0 Å². The van der Waals surface area contributed by atoms with E-state index >= 15 is 0 Å². The molecule has 2 rings (SSSR count). The van der Waals surface area contributed by atoms with E-state index in [4.69, 9.17) is 0 Å². The molecule has 0 bridgehead atoms. The van der Waals surface area contributed by atoms with Gasteiger partial charge in [-0.05, 0) is 43.5 Å². The highest BCUT2D eigenvalue weighted by Gasteiger charge is 2.34. The molecule has 0 unspecified atom stereocenters. The molecule has 9 heteroatoms. The number of amides is 1. The van der Waals surface area contributed by atoms with Gasteiger partial charge in [0.1, 0.15) is 5.75 Å². The minimum absolute atomic E-state index is 0.278. The first-order chi connectivity index (χ1) is 14.0. The van der Waals surface area contributed by atoms with Gasteiger partial charge in [-0.2, -0.15) is 0 Å². The quantitative estimate of drug-likeness (QED) is 0.512. The average molecular weight is 430 g/mol. The second-order valence-corrected chi connectivity index (χ2v) is 7.98. The molecule has 0 aliphatic heterocycles. The molecule has 0 aromatic heterocycles. The summed E-state index contributed by atoms with van der Waals surface area (Å²) in [5, 5.41) is 15.3. The molecule has 1 aromatic rings. The molecule has 1 aliphatic carbocycles. The van der Waals surface area contributed by atoms with Gasteiger partial charge in [-0.25, -0.2) is 0 Å². The lowest BCUT2D eigenvalue weighted by Gasteiger charge is -2.25. The number of hydrogen-bond acceptors (Lipinski definition) is 4. The Kier molecular flexibility index (Phi) is 8.37. The van der Waals surface area contributed by atoms with E-state index in [2.05, 4.69) is 15.4 Å². The van der Waals surface area contributed by atoms with Crippen LogP contribution in [0.4, 0.5) is 18.9 Å². The Bertz CT molecular complexity index is 703. The van der Waals surface area contributed by atoms with Crippen molar-refractivity contribution in [3.05, 3.63) is 24.3 Å². The number of benzene rings is 1. The fraction of sp³-hybridized carbons (Fsp3) is 0.619. The lowest BCUT2D eigenvalue weighted by Crippen LogP contribution is -2.44. The highest BCUT2D eigenvalue weighted by molar-refractivity contribution is 5.84. The molecule has 1 amide bonds. The van der Waals surface area contributed by atoms with E-state index in [0.717, 1.165) is 25.7 Å². The van der Waals surface area contributed by atoms with E-state index in [1.54, 1.807) is 13.8 Å². The van der Waals surface area contributed by atoms with Crippen LogP contribution in [-0.2, 0) is 9.59 Å². The van der Waals surface area contributed by atoms with Gasteiger partial charge in [0.05, 0.1) is 11.8 Å². The Labute approximate surface area is 174 Å². The maximum Gasteiger partial charge on any atom is 0.573 e. The van der Waals surface area contributed by atoms with Crippen LogP contribution in [0, 0.1) is 17.8 Å². The predicted molar refractivity (Wildman–Crippen MR) is 106 cm³/mol. The van der Waals surface area contributed by atoms with Crippen LogP contribution >= 0.6 is 0 Å². The SMILES string of the molecule is C[C@@H](CNc1ccc(OC(F)(F)F)cc1)NC(=O)[C@H](CC1CCCC1)[C@@H](C)C(=O)O. The van der Waals surface area contributed by atoms with Crippen LogP contribution in [-0.4, -0.2) is 35.9 Å². The van der Waals surface area contributed by atoms with Crippen molar-refractivity contribution in [2.24, 2.45) is 17.8 Å². The van der Waals surface area contributed by atoms with E-state index in [1.807, 2.05) is 0 Å². The summed E-state index contributed by atoms with van der Waals surface area (Å²) in [4.78, 5) is 24.2. The molecule has 1 aliphatic rings. The third kappa shape index (κ3) is 7.76. The van der Waals surface area contributed by atoms with Gasteiger partial charge in [0.25, 0.3) is 0 Å². The number of carbonyl (C=O) groups is 2. The van der Waals surface area contributed by atoms with E-state index in [1.165, 1.54) is 24.3 Å². The third-order valence-corrected chi connectivity index (χ3v) is 5.48. The summed E-state index contributed by atoms with van der Waals surface area (Å²) < 4.78 is 40.4. The van der Waals surface area contributed by atoms with Crippen molar-refractivity contribution in [1.82, 2.24) is 5.32 Å². The highest BCUT2D eigenvalue weighted by Crippen LogP contribution is 2.33. The van der Waals surface area contributed by atoms with Gasteiger partial charge in [-0.3, -0.25) is 9.59 Å². The van der Waals surface area contributed by atoms with Gasteiger partial charge < -0.3 is 20.5 Å². The molecule has 6 nitrogen and oxygen atoms in total. The number of aliphatic carboxylic acids is 1. The van der Waals surface area contributed by atoms with Gasteiger partial charge in [-0.1, -0.05) is 32.6 Å². The van der Waals surface area contributed by atoms with E-state index in [0.29, 0.717) is 24.6 Å². The number of nitrogens with one attached hydrogen (secondary N) is 2. The standard InChI is InChI=1S/C21H29F3N2O4/c1-13(12-25-16-7-9-17(10-8-16)30-21(22,23)24)26-19(27)18(14(2)20(28)29)11-15-5-3-4-6-15/h7-10,13-15,18,25H,3-6,11-12H2,1-2H3,(H,26,27)(H,28,29)/t13-,14+,18+/m0/s1. The van der Waals surface area contributed by atoms with Crippen molar-refractivity contribution >= 4 is 17.6 Å². The summed E-state index contributed by atoms with van der Waals surface area (Å²) in [5.74, 6) is -2.56. The second kappa shape index (κ2) is 10.5. The first-order valence-electron chi connectivity index (χ1n) is 10.2. The van der Waals surface area contributed by atoms with Crippen LogP contribution in [0.25, 0.3) is 0 Å². The second-order valence-electron chi connectivity index (χ2n) is 7.98. The predicted octanol–water partition coefficient (Wildman–Crippen LogP) is 4.42. The smallest absolute Gasteiger partial charge is 0.481 e. The third-order valence-electron chi connectivity index (χ3n) is 5.48. The lowest BCUT2D eigenvalue weighted by molar-refractivity contribution is -0.274. The topological polar surface area (TPSA) is 87.7 Å². The summed E-state index contributed by atoms with van der Waals surface area (Å²) in [6, 6.07) is 5.00. The number of halogens is 3. The molecule has 0 saturated heterocycles. The number of carbonyl (C=O) groups excluding carboxylic acids is 1. The van der Waals surface area contributed by atoms with Crippen molar-refractivity contribution in [2.45, 2.75) is 58.4 Å². The number of alkyl halides is 3. The zero-order valence-corrected chi connectivity index (χ0v) is 17.2. The molecule has 0 radical (unpaired) electrons. The van der Waals surface area contributed by atoms with Crippen molar-refractivity contribution in [3.63, 3.8) is 0 Å². The van der Waals surface area contributed by atoms with Crippen molar-refractivity contribution in [2.75, 3.05) is 11.9 Å². The monoisotopic (exact) mass is 430 g/mol.